The van der Waals surface area contributed by atoms with Crippen LogP contribution >= 0.6 is 0 Å². The Morgan fingerprint density at radius 1 is 1.33 bits per heavy atom. The van der Waals surface area contributed by atoms with Crippen LogP contribution < -0.4 is 0 Å². The molecular formula is C11H17NO2S. The second kappa shape index (κ2) is 4.77. The smallest absolute Gasteiger partial charge is 0.212 e. The van der Waals surface area contributed by atoms with Crippen LogP contribution in [0, 0.1) is 6.92 Å². The lowest BCUT2D eigenvalue weighted by Gasteiger charge is -2.16. The Labute approximate surface area is 91.8 Å². The average molecular weight is 227 g/mol. The van der Waals surface area contributed by atoms with Gasteiger partial charge in [-0.2, -0.15) is 0 Å². The zero-order valence-corrected chi connectivity index (χ0v) is 10.2. The Balaban J connectivity index is 2.79. The summed E-state index contributed by atoms with van der Waals surface area (Å²) in [6.07, 6.45) is 0. The highest BCUT2D eigenvalue weighted by Gasteiger charge is 2.14. The first-order chi connectivity index (χ1) is 6.95. The zero-order valence-electron chi connectivity index (χ0n) is 9.40. The van der Waals surface area contributed by atoms with Crippen molar-refractivity contribution < 1.29 is 8.42 Å². The van der Waals surface area contributed by atoms with Crippen LogP contribution in [0.3, 0.4) is 0 Å². The lowest BCUT2D eigenvalue weighted by Crippen LogP contribution is -2.27. The second-order valence-corrected chi connectivity index (χ2v) is 6.01. The van der Waals surface area contributed by atoms with Gasteiger partial charge >= 0.3 is 0 Å². The molecule has 3 nitrogen and oxygen atoms in total. The van der Waals surface area contributed by atoms with E-state index in [2.05, 4.69) is 0 Å². The molecule has 1 rings (SSSR count). The molecule has 0 heterocycles. The average Bonchev–Trinajstić information content (AvgIpc) is 2.17. The fourth-order valence-electron chi connectivity index (χ4n) is 1.39. The predicted octanol–water partition coefficient (Wildman–Crippen LogP) is 1.78. The Morgan fingerprint density at radius 3 is 2.53 bits per heavy atom. The molecule has 0 aliphatic carbocycles. The van der Waals surface area contributed by atoms with Crippen molar-refractivity contribution in [2.45, 2.75) is 20.4 Å². The van der Waals surface area contributed by atoms with E-state index >= 15 is 0 Å². The van der Waals surface area contributed by atoms with Crippen molar-refractivity contribution in [3.8, 4) is 0 Å². The quantitative estimate of drug-likeness (QED) is 0.786. The van der Waals surface area contributed by atoms with E-state index in [-0.39, 0.29) is 5.75 Å². The number of hydrogen-bond acceptors (Lipinski definition) is 2. The molecule has 84 valence electrons. The van der Waals surface area contributed by atoms with E-state index in [1.54, 1.807) is 14.0 Å². The lowest BCUT2D eigenvalue weighted by atomic mass is 10.1. The van der Waals surface area contributed by atoms with E-state index in [9.17, 15) is 8.42 Å². The molecule has 15 heavy (non-hydrogen) atoms. The van der Waals surface area contributed by atoms with Gasteiger partial charge in [-0.05, 0) is 19.4 Å². The summed E-state index contributed by atoms with van der Waals surface area (Å²) in [4.78, 5) is 0. The third kappa shape index (κ3) is 3.32. The molecule has 0 radical (unpaired) electrons. The van der Waals surface area contributed by atoms with Crippen molar-refractivity contribution in [2.75, 3.05) is 12.8 Å². The summed E-state index contributed by atoms with van der Waals surface area (Å²) in [6.45, 7) is 4.09. The lowest BCUT2D eigenvalue weighted by molar-refractivity contribution is 0.468. The first-order valence-corrected chi connectivity index (χ1v) is 6.56. The van der Waals surface area contributed by atoms with Gasteiger partial charge in [0.05, 0.1) is 5.75 Å². The van der Waals surface area contributed by atoms with Gasteiger partial charge in [0, 0.05) is 13.6 Å². The number of hydrogen-bond donors (Lipinski definition) is 0. The van der Waals surface area contributed by atoms with E-state index in [1.165, 1.54) is 4.31 Å². The number of aryl methyl sites for hydroxylation is 1. The highest BCUT2D eigenvalue weighted by molar-refractivity contribution is 7.89. The molecular weight excluding hydrogens is 210 g/mol. The van der Waals surface area contributed by atoms with Gasteiger partial charge < -0.3 is 0 Å². The summed E-state index contributed by atoms with van der Waals surface area (Å²) in [5.74, 6) is 0.148. The van der Waals surface area contributed by atoms with Crippen LogP contribution in [0.5, 0.6) is 0 Å². The number of benzene rings is 1. The van der Waals surface area contributed by atoms with Crippen LogP contribution in [0.15, 0.2) is 24.3 Å². The van der Waals surface area contributed by atoms with Crippen LogP contribution in [0.1, 0.15) is 18.1 Å². The van der Waals surface area contributed by atoms with Gasteiger partial charge in [-0.3, -0.25) is 0 Å². The molecule has 0 aromatic heterocycles. The summed E-state index contributed by atoms with van der Waals surface area (Å²) < 4.78 is 24.4. The molecule has 0 N–H and O–H groups in total. The molecule has 0 atom stereocenters. The second-order valence-electron chi connectivity index (χ2n) is 3.65. The van der Waals surface area contributed by atoms with Crippen molar-refractivity contribution in [1.29, 1.82) is 0 Å². The fourth-order valence-corrected chi connectivity index (χ4v) is 2.17. The van der Waals surface area contributed by atoms with Crippen molar-refractivity contribution >= 4 is 10.0 Å². The summed E-state index contributed by atoms with van der Waals surface area (Å²) in [6, 6.07) is 7.88. The topological polar surface area (TPSA) is 37.4 Å². The molecule has 4 heteroatoms. The maximum Gasteiger partial charge on any atom is 0.213 e. The van der Waals surface area contributed by atoms with Gasteiger partial charge in [-0.1, -0.05) is 29.8 Å². The predicted molar refractivity (Wildman–Crippen MR) is 62.1 cm³/mol. The van der Waals surface area contributed by atoms with E-state index in [0.29, 0.717) is 6.54 Å². The minimum absolute atomic E-state index is 0.148. The van der Waals surface area contributed by atoms with Crippen molar-refractivity contribution in [3.63, 3.8) is 0 Å². The fraction of sp³-hybridized carbons (Fsp3) is 0.455. The van der Waals surface area contributed by atoms with Crippen molar-refractivity contribution in [2.24, 2.45) is 0 Å². The maximum atomic E-state index is 11.5. The van der Waals surface area contributed by atoms with Crippen molar-refractivity contribution in [1.82, 2.24) is 4.31 Å². The summed E-state index contributed by atoms with van der Waals surface area (Å²) >= 11 is 0. The molecule has 0 unspecified atom stereocenters. The molecule has 0 spiro atoms. The van der Waals surface area contributed by atoms with Crippen LogP contribution in [0.2, 0.25) is 0 Å². The molecule has 0 aliphatic heterocycles. The molecule has 0 aliphatic rings. The van der Waals surface area contributed by atoms with Crippen LogP contribution in [-0.2, 0) is 16.6 Å². The minimum Gasteiger partial charge on any atom is -0.212 e. The summed E-state index contributed by atoms with van der Waals surface area (Å²) in [5.41, 5.74) is 2.17. The number of rotatable bonds is 4. The standard InChI is InChI=1S/C11H17NO2S/c1-4-15(13,14)12(3)9-11-7-5-6-10(2)8-11/h5-8H,4,9H2,1-3H3. The molecule has 0 saturated carbocycles. The normalized spacial score (nSPS) is 12.0. The molecule has 0 fully saturated rings. The zero-order chi connectivity index (χ0) is 11.5. The number of sulfonamides is 1. The molecule has 1 aromatic rings. The monoisotopic (exact) mass is 227 g/mol. The third-order valence-electron chi connectivity index (χ3n) is 2.33. The van der Waals surface area contributed by atoms with E-state index in [0.717, 1.165) is 11.1 Å². The van der Waals surface area contributed by atoms with Gasteiger partial charge in [0.25, 0.3) is 0 Å². The van der Waals surface area contributed by atoms with E-state index in [1.807, 2.05) is 31.2 Å². The van der Waals surface area contributed by atoms with Gasteiger partial charge in [-0.15, -0.1) is 0 Å². The van der Waals surface area contributed by atoms with Gasteiger partial charge in [0.1, 0.15) is 0 Å². The Morgan fingerprint density at radius 2 is 2.00 bits per heavy atom. The number of nitrogens with zero attached hydrogens (tertiary/aromatic N) is 1. The summed E-state index contributed by atoms with van der Waals surface area (Å²) in [7, 11) is -1.46. The van der Waals surface area contributed by atoms with Gasteiger partial charge in [-0.25, -0.2) is 12.7 Å². The maximum absolute atomic E-state index is 11.5. The Kier molecular flexibility index (Phi) is 3.88. The highest BCUT2D eigenvalue weighted by atomic mass is 32.2. The van der Waals surface area contributed by atoms with Crippen molar-refractivity contribution in [3.05, 3.63) is 35.4 Å². The summed E-state index contributed by atoms with van der Waals surface area (Å²) in [5, 5.41) is 0. The Bertz CT molecular complexity index is 426. The first kappa shape index (κ1) is 12.2. The van der Waals surface area contributed by atoms with E-state index < -0.39 is 10.0 Å². The van der Waals surface area contributed by atoms with Crippen LogP contribution in [0.4, 0.5) is 0 Å². The highest BCUT2D eigenvalue weighted by Crippen LogP contribution is 2.09. The Hall–Kier alpha value is -0.870. The van der Waals surface area contributed by atoms with E-state index in [4.69, 9.17) is 0 Å². The molecule has 1 aromatic carbocycles. The minimum atomic E-state index is -3.08. The third-order valence-corrected chi connectivity index (χ3v) is 4.14. The van der Waals surface area contributed by atoms with Crippen LogP contribution in [0.25, 0.3) is 0 Å². The van der Waals surface area contributed by atoms with Gasteiger partial charge in [0.2, 0.25) is 10.0 Å². The molecule has 0 saturated heterocycles. The first-order valence-electron chi connectivity index (χ1n) is 4.95. The SMILES string of the molecule is CCS(=O)(=O)N(C)Cc1cccc(C)c1. The van der Waals surface area contributed by atoms with Crippen LogP contribution in [-0.4, -0.2) is 25.5 Å². The van der Waals surface area contributed by atoms with Gasteiger partial charge in [0.15, 0.2) is 0 Å². The molecule has 0 bridgehead atoms. The molecule has 0 amide bonds. The largest absolute Gasteiger partial charge is 0.213 e.